The van der Waals surface area contributed by atoms with Crippen LogP contribution < -0.4 is 5.32 Å². The van der Waals surface area contributed by atoms with Crippen LogP contribution >= 0.6 is 0 Å². The number of benzene rings is 3. The van der Waals surface area contributed by atoms with Gasteiger partial charge in [-0.25, -0.2) is 0 Å². The van der Waals surface area contributed by atoms with E-state index in [4.69, 9.17) is 0 Å². The highest BCUT2D eigenvalue weighted by molar-refractivity contribution is 5.94. The van der Waals surface area contributed by atoms with Gasteiger partial charge >= 0.3 is 18.3 Å². The number of anilines is 1. The van der Waals surface area contributed by atoms with Crippen LogP contribution in [0.4, 0.5) is 54.8 Å². The molecule has 170 valence electrons. The zero-order chi connectivity index (χ0) is 24.1. The average molecular weight is 465 g/mol. The number of carbonyl (C=O) groups is 1. The second-order valence-electron chi connectivity index (χ2n) is 6.46. The van der Waals surface area contributed by atoms with Gasteiger partial charge in [0.05, 0.1) is 28.3 Å². The van der Waals surface area contributed by atoms with Gasteiger partial charge in [-0.05, 0) is 72.8 Å². The topological polar surface area (TPSA) is 78.5 Å². The Balaban J connectivity index is 1.59. The third-order valence-electron chi connectivity index (χ3n) is 3.99. The van der Waals surface area contributed by atoms with Crippen LogP contribution in [-0.2, 0) is 11.0 Å². The summed E-state index contributed by atoms with van der Waals surface area (Å²) in [6.45, 7) is 0. The first-order valence-electron chi connectivity index (χ1n) is 9.10. The molecule has 0 aliphatic heterocycles. The summed E-state index contributed by atoms with van der Waals surface area (Å²) in [4.78, 5) is 10.9. The van der Waals surface area contributed by atoms with Crippen LogP contribution in [0.15, 0.2) is 93.3 Å². The number of carbonyl (C=O) groups excluding carboxylic acids is 1. The number of amides is 1. The zero-order valence-electron chi connectivity index (χ0n) is 16.4. The van der Waals surface area contributed by atoms with Crippen molar-refractivity contribution in [2.45, 2.75) is 12.4 Å². The minimum atomic E-state index is -4.98. The number of nitrogens with zero attached hydrogens (tertiary/aromatic N) is 4. The summed E-state index contributed by atoms with van der Waals surface area (Å²) in [5, 5.41) is 17.4. The van der Waals surface area contributed by atoms with E-state index < -0.39 is 23.8 Å². The number of hydrogen-bond donors (Lipinski definition) is 1. The van der Waals surface area contributed by atoms with Crippen molar-refractivity contribution in [3.8, 4) is 0 Å². The standard InChI is InChI=1S/C21H13F6N5O/c22-20(23,24)13-1-3-15(4-2-13)29-31-17-9-11-18(12-10-17)32-30-16-7-5-14(6-8-16)28-19(33)21(25,26)27/h1-12H,(H,28,33). The third kappa shape index (κ3) is 6.95. The summed E-state index contributed by atoms with van der Waals surface area (Å²) in [5.74, 6) is -2.08. The molecule has 0 saturated heterocycles. The average Bonchev–Trinajstić information content (AvgIpc) is 2.77. The third-order valence-corrected chi connectivity index (χ3v) is 3.99. The molecule has 3 rings (SSSR count). The highest BCUT2D eigenvalue weighted by Gasteiger charge is 2.38. The molecule has 1 N–H and O–H groups in total. The predicted molar refractivity (Wildman–Crippen MR) is 107 cm³/mol. The molecule has 0 aliphatic carbocycles. The molecule has 0 heterocycles. The fourth-order valence-electron chi connectivity index (χ4n) is 2.35. The van der Waals surface area contributed by atoms with E-state index in [1.807, 2.05) is 0 Å². The Bertz CT molecular complexity index is 1150. The Morgan fingerprint density at radius 3 is 1.24 bits per heavy atom. The molecule has 12 heteroatoms. The van der Waals surface area contributed by atoms with Gasteiger partial charge < -0.3 is 5.32 Å². The summed E-state index contributed by atoms with van der Waals surface area (Å²) >= 11 is 0. The van der Waals surface area contributed by atoms with Gasteiger partial charge in [0.15, 0.2) is 0 Å². The number of halogens is 6. The summed E-state index contributed by atoms with van der Waals surface area (Å²) in [7, 11) is 0. The van der Waals surface area contributed by atoms with Crippen LogP contribution in [0.5, 0.6) is 0 Å². The van der Waals surface area contributed by atoms with Crippen LogP contribution in [0.2, 0.25) is 0 Å². The second kappa shape index (κ2) is 9.59. The molecule has 3 aromatic carbocycles. The monoisotopic (exact) mass is 465 g/mol. The zero-order valence-corrected chi connectivity index (χ0v) is 16.4. The Hall–Kier alpha value is -4.09. The molecule has 0 spiro atoms. The van der Waals surface area contributed by atoms with Gasteiger partial charge in [-0.3, -0.25) is 4.79 Å². The predicted octanol–water partition coefficient (Wildman–Crippen LogP) is 8.04. The van der Waals surface area contributed by atoms with Crippen molar-refractivity contribution in [1.82, 2.24) is 0 Å². The van der Waals surface area contributed by atoms with Crippen LogP contribution in [0.25, 0.3) is 0 Å². The number of nitrogens with one attached hydrogen (secondary N) is 1. The van der Waals surface area contributed by atoms with Gasteiger partial charge in [0.2, 0.25) is 0 Å². The Kier molecular flexibility index (Phi) is 6.85. The first kappa shape index (κ1) is 23.6. The van der Waals surface area contributed by atoms with Gasteiger partial charge in [-0.1, -0.05) is 0 Å². The maximum Gasteiger partial charge on any atom is 0.471 e. The summed E-state index contributed by atoms with van der Waals surface area (Å²) in [5.41, 5.74) is 0.639. The van der Waals surface area contributed by atoms with E-state index in [0.29, 0.717) is 17.1 Å². The lowest BCUT2D eigenvalue weighted by atomic mass is 10.2. The Morgan fingerprint density at radius 2 is 0.909 bits per heavy atom. The summed E-state index contributed by atoms with van der Waals surface area (Å²) in [6, 6.07) is 15.8. The van der Waals surface area contributed by atoms with Crippen LogP contribution in [0.3, 0.4) is 0 Å². The fourth-order valence-corrected chi connectivity index (χ4v) is 2.35. The molecule has 3 aromatic rings. The summed E-state index contributed by atoms with van der Waals surface area (Å²) < 4.78 is 74.4. The minimum absolute atomic E-state index is 0.0426. The molecule has 0 aliphatic rings. The first-order valence-corrected chi connectivity index (χ1v) is 9.10. The summed E-state index contributed by atoms with van der Waals surface area (Å²) in [6.07, 6.45) is -9.41. The van der Waals surface area contributed by atoms with Gasteiger partial charge in [0, 0.05) is 5.69 Å². The van der Waals surface area contributed by atoms with Crippen LogP contribution in [0.1, 0.15) is 5.56 Å². The number of hydrogen-bond acceptors (Lipinski definition) is 5. The maximum absolute atomic E-state index is 12.6. The van der Waals surface area contributed by atoms with Crippen LogP contribution in [-0.4, -0.2) is 12.1 Å². The Labute approximate surface area is 182 Å². The maximum atomic E-state index is 12.6. The van der Waals surface area contributed by atoms with Gasteiger partial charge in [0.1, 0.15) is 0 Å². The minimum Gasteiger partial charge on any atom is -0.318 e. The molecule has 0 fully saturated rings. The molecule has 6 nitrogen and oxygen atoms in total. The van der Waals surface area contributed by atoms with Crippen molar-refractivity contribution in [1.29, 1.82) is 0 Å². The molecular weight excluding hydrogens is 452 g/mol. The SMILES string of the molecule is O=C(Nc1ccc(N=Nc2ccc(N=Nc3ccc(C(F)(F)F)cc3)cc2)cc1)C(F)(F)F. The van der Waals surface area contributed by atoms with E-state index in [0.717, 1.165) is 12.1 Å². The van der Waals surface area contributed by atoms with E-state index in [9.17, 15) is 31.1 Å². The highest BCUT2D eigenvalue weighted by atomic mass is 19.4. The molecule has 0 saturated carbocycles. The molecule has 0 atom stereocenters. The van der Waals surface area contributed by atoms with Crippen LogP contribution in [0, 0.1) is 0 Å². The highest BCUT2D eigenvalue weighted by Crippen LogP contribution is 2.31. The molecule has 1 amide bonds. The van der Waals surface area contributed by atoms with Gasteiger partial charge in [0.25, 0.3) is 0 Å². The van der Waals surface area contributed by atoms with Gasteiger partial charge in [-0.15, -0.1) is 0 Å². The van der Waals surface area contributed by atoms with Crippen molar-refractivity contribution < 1.29 is 31.1 Å². The Morgan fingerprint density at radius 1 is 0.576 bits per heavy atom. The molecule has 0 unspecified atom stereocenters. The normalized spacial score (nSPS) is 12.4. The van der Waals surface area contributed by atoms with E-state index in [-0.39, 0.29) is 11.4 Å². The molecule has 0 aromatic heterocycles. The van der Waals surface area contributed by atoms with E-state index in [2.05, 4.69) is 20.5 Å². The van der Waals surface area contributed by atoms with Crippen molar-refractivity contribution >= 4 is 34.3 Å². The molecule has 33 heavy (non-hydrogen) atoms. The lowest BCUT2D eigenvalue weighted by Gasteiger charge is -2.07. The lowest BCUT2D eigenvalue weighted by molar-refractivity contribution is -0.167. The van der Waals surface area contributed by atoms with Gasteiger partial charge in [-0.2, -0.15) is 46.8 Å². The molecule has 0 bridgehead atoms. The number of alkyl halides is 6. The van der Waals surface area contributed by atoms with E-state index >= 15 is 0 Å². The second-order valence-corrected chi connectivity index (χ2v) is 6.46. The first-order chi connectivity index (χ1) is 15.5. The van der Waals surface area contributed by atoms with Crippen molar-refractivity contribution in [3.63, 3.8) is 0 Å². The largest absolute Gasteiger partial charge is 0.471 e. The van der Waals surface area contributed by atoms with Crippen molar-refractivity contribution in [2.75, 3.05) is 5.32 Å². The number of rotatable bonds is 5. The number of azo groups is 2. The van der Waals surface area contributed by atoms with E-state index in [1.54, 1.807) is 29.6 Å². The smallest absolute Gasteiger partial charge is 0.318 e. The van der Waals surface area contributed by atoms with Crippen molar-refractivity contribution in [2.24, 2.45) is 20.5 Å². The van der Waals surface area contributed by atoms with E-state index in [1.165, 1.54) is 36.4 Å². The molecule has 0 radical (unpaired) electrons. The fraction of sp³-hybridized carbons (Fsp3) is 0.0952. The molecular formula is C21H13F6N5O. The quantitative estimate of drug-likeness (QED) is 0.300. The lowest BCUT2D eigenvalue weighted by Crippen LogP contribution is -2.29. The van der Waals surface area contributed by atoms with Crippen molar-refractivity contribution in [3.05, 3.63) is 78.4 Å².